The molecule has 1 aromatic carbocycles. The van der Waals surface area contributed by atoms with Gasteiger partial charge in [-0.25, -0.2) is 4.79 Å². The summed E-state index contributed by atoms with van der Waals surface area (Å²) < 4.78 is 27.2. The maximum absolute atomic E-state index is 12.3. The van der Waals surface area contributed by atoms with E-state index in [1.807, 2.05) is 6.07 Å². The summed E-state index contributed by atoms with van der Waals surface area (Å²) in [5, 5.41) is 0.660. The van der Waals surface area contributed by atoms with Gasteiger partial charge in [-0.3, -0.25) is 4.57 Å². The van der Waals surface area contributed by atoms with Gasteiger partial charge in [0.2, 0.25) is 0 Å². The van der Waals surface area contributed by atoms with E-state index in [4.69, 9.17) is 13.5 Å². The van der Waals surface area contributed by atoms with Crippen LogP contribution in [0.3, 0.4) is 0 Å². The Hall–Kier alpha value is -1.42. The van der Waals surface area contributed by atoms with Crippen LogP contribution < -0.4 is 10.9 Å². The molecule has 0 saturated heterocycles. The molecular formula is C12H13O5P. The van der Waals surface area contributed by atoms with Crippen molar-refractivity contribution < 1.29 is 18.0 Å². The van der Waals surface area contributed by atoms with Gasteiger partial charge in [-0.1, -0.05) is 18.2 Å². The molecule has 0 fully saturated rings. The molecule has 0 bridgehead atoms. The lowest BCUT2D eigenvalue weighted by Gasteiger charge is -2.15. The largest absolute Gasteiger partial charge is 0.422 e. The SMILES string of the molecule is COP(=O)(OC)c1c(C)c2ccccc2oc1=O. The van der Waals surface area contributed by atoms with Crippen molar-refractivity contribution in [3.05, 3.63) is 40.2 Å². The van der Waals surface area contributed by atoms with Crippen LogP contribution in [0.1, 0.15) is 5.56 Å². The van der Waals surface area contributed by atoms with Crippen LogP contribution in [-0.2, 0) is 13.6 Å². The third kappa shape index (κ3) is 1.90. The Morgan fingerprint density at radius 2 is 1.78 bits per heavy atom. The summed E-state index contributed by atoms with van der Waals surface area (Å²) in [7, 11) is -1.15. The second-order valence-corrected chi connectivity index (χ2v) is 5.89. The summed E-state index contributed by atoms with van der Waals surface area (Å²) in [6.45, 7) is 1.69. The molecule has 0 unspecified atom stereocenters. The van der Waals surface area contributed by atoms with Crippen molar-refractivity contribution in [1.29, 1.82) is 0 Å². The Kier molecular flexibility index (Phi) is 3.39. The van der Waals surface area contributed by atoms with Crippen LogP contribution in [0.15, 0.2) is 33.5 Å². The molecule has 0 radical (unpaired) electrons. The number of benzene rings is 1. The molecule has 0 saturated carbocycles. The minimum atomic E-state index is -3.62. The quantitative estimate of drug-likeness (QED) is 0.630. The topological polar surface area (TPSA) is 65.7 Å². The third-order valence-electron chi connectivity index (χ3n) is 2.80. The Labute approximate surface area is 104 Å². The Bertz CT molecular complexity index is 680. The Morgan fingerprint density at radius 3 is 2.39 bits per heavy atom. The molecule has 0 amide bonds. The predicted molar refractivity (Wildman–Crippen MR) is 68.5 cm³/mol. The number of aryl methyl sites for hydroxylation is 1. The van der Waals surface area contributed by atoms with Crippen molar-refractivity contribution in [2.45, 2.75) is 6.92 Å². The summed E-state index contributed by atoms with van der Waals surface area (Å²) in [5.41, 5.74) is 0.301. The van der Waals surface area contributed by atoms with Crippen molar-refractivity contribution in [2.24, 2.45) is 0 Å². The number of hydrogen-bond donors (Lipinski definition) is 0. The first-order valence-corrected chi connectivity index (χ1v) is 6.82. The number of rotatable bonds is 3. The average Bonchev–Trinajstić information content (AvgIpc) is 2.38. The van der Waals surface area contributed by atoms with Crippen LogP contribution in [0, 0.1) is 6.92 Å². The van der Waals surface area contributed by atoms with Crippen molar-refractivity contribution >= 4 is 23.9 Å². The van der Waals surface area contributed by atoms with E-state index in [0.29, 0.717) is 16.5 Å². The highest BCUT2D eigenvalue weighted by atomic mass is 31.2. The predicted octanol–water partition coefficient (Wildman–Crippen LogP) is 2.21. The van der Waals surface area contributed by atoms with E-state index in [2.05, 4.69) is 0 Å². The fourth-order valence-corrected chi connectivity index (χ4v) is 3.18. The second kappa shape index (κ2) is 4.69. The molecule has 1 aromatic heterocycles. The van der Waals surface area contributed by atoms with Crippen LogP contribution >= 0.6 is 7.60 Å². The number of para-hydroxylation sites is 1. The molecule has 0 spiro atoms. The van der Waals surface area contributed by atoms with Crippen molar-refractivity contribution in [3.63, 3.8) is 0 Å². The van der Waals surface area contributed by atoms with Gasteiger partial charge < -0.3 is 13.5 Å². The van der Waals surface area contributed by atoms with Gasteiger partial charge >= 0.3 is 13.2 Å². The fourth-order valence-electron chi connectivity index (χ4n) is 1.87. The molecule has 0 aliphatic carbocycles. The molecule has 2 aromatic rings. The summed E-state index contributed by atoms with van der Waals surface area (Å²) in [4.78, 5) is 11.9. The van der Waals surface area contributed by atoms with Crippen LogP contribution in [0.2, 0.25) is 0 Å². The van der Waals surface area contributed by atoms with Gasteiger partial charge in [-0.2, -0.15) is 0 Å². The molecule has 0 N–H and O–H groups in total. The van der Waals surface area contributed by atoms with Crippen molar-refractivity contribution in [1.82, 2.24) is 0 Å². The fraction of sp³-hybridized carbons (Fsp3) is 0.250. The van der Waals surface area contributed by atoms with E-state index < -0.39 is 13.2 Å². The van der Waals surface area contributed by atoms with Gasteiger partial charge in [-0.05, 0) is 18.6 Å². The lowest BCUT2D eigenvalue weighted by molar-refractivity contribution is 0.286. The monoisotopic (exact) mass is 268 g/mol. The summed E-state index contributed by atoms with van der Waals surface area (Å²) in [6, 6.07) is 7.03. The summed E-state index contributed by atoms with van der Waals surface area (Å²) >= 11 is 0. The van der Waals surface area contributed by atoms with E-state index in [1.165, 1.54) is 14.2 Å². The van der Waals surface area contributed by atoms with Gasteiger partial charge in [0.05, 0.1) is 0 Å². The van der Waals surface area contributed by atoms with E-state index in [-0.39, 0.29) is 5.30 Å². The van der Waals surface area contributed by atoms with Crippen LogP contribution in [0.5, 0.6) is 0 Å². The van der Waals surface area contributed by atoms with E-state index in [0.717, 1.165) is 0 Å². The molecule has 0 aliphatic rings. The van der Waals surface area contributed by atoms with Gasteiger partial charge in [0.1, 0.15) is 5.58 Å². The highest BCUT2D eigenvalue weighted by Crippen LogP contribution is 2.45. The van der Waals surface area contributed by atoms with Gasteiger partial charge in [0.25, 0.3) is 0 Å². The maximum Gasteiger partial charge on any atom is 0.368 e. The molecule has 0 aliphatic heterocycles. The van der Waals surface area contributed by atoms with Gasteiger partial charge in [0.15, 0.2) is 5.30 Å². The zero-order valence-electron chi connectivity index (χ0n) is 10.3. The number of fused-ring (bicyclic) bond motifs is 1. The lowest BCUT2D eigenvalue weighted by Crippen LogP contribution is -2.28. The summed E-state index contributed by atoms with van der Waals surface area (Å²) in [6.07, 6.45) is 0. The van der Waals surface area contributed by atoms with E-state index in [9.17, 15) is 9.36 Å². The molecule has 18 heavy (non-hydrogen) atoms. The van der Waals surface area contributed by atoms with Crippen molar-refractivity contribution in [3.8, 4) is 0 Å². The van der Waals surface area contributed by atoms with Crippen LogP contribution in [0.4, 0.5) is 0 Å². The first kappa shape index (κ1) is 13.0. The molecular weight excluding hydrogens is 255 g/mol. The van der Waals surface area contributed by atoms with Crippen molar-refractivity contribution in [2.75, 3.05) is 14.2 Å². The van der Waals surface area contributed by atoms with Crippen LogP contribution in [0.25, 0.3) is 11.0 Å². The van der Waals surface area contributed by atoms with Gasteiger partial charge in [-0.15, -0.1) is 0 Å². The smallest absolute Gasteiger partial charge is 0.368 e. The lowest BCUT2D eigenvalue weighted by atomic mass is 10.1. The average molecular weight is 268 g/mol. The normalized spacial score (nSPS) is 11.9. The molecule has 0 atom stereocenters. The third-order valence-corrected chi connectivity index (χ3v) is 4.82. The highest BCUT2D eigenvalue weighted by molar-refractivity contribution is 7.62. The number of hydrogen-bond acceptors (Lipinski definition) is 5. The molecule has 6 heteroatoms. The standard InChI is InChI=1S/C12H13O5P/c1-8-9-6-4-5-7-10(9)17-12(13)11(8)18(14,15-2)16-3/h4-7H,1-3H3. The maximum atomic E-state index is 12.3. The highest BCUT2D eigenvalue weighted by Gasteiger charge is 2.32. The molecule has 1 heterocycles. The Morgan fingerprint density at radius 1 is 1.17 bits per heavy atom. The zero-order chi connectivity index (χ0) is 13.3. The van der Waals surface area contributed by atoms with E-state index >= 15 is 0 Å². The van der Waals surface area contributed by atoms with Gasteiger partial charge in [0, 0.05) is 19.6 Å². The second-order valence-electron chi connectivity index (χ2n) is 3.72. The molecule has 2 rings (SSSR count). The first-order valence-electron chi connectivity index (χ1n) is 5.28. The first-order chi connectivity index (χ1) is 8.53. The minimum Gasteiger partial charge on any atom is -0.422 e. The van der Waals surface area contributed by atoms with Crippen LogP contribution in [-0.4, -0.2) is 14.2 Å². The summed E-state index contributed by atoms with van der Waals surface area (Å²) in [5.74, 6) is 0. The molecule has 96 valence electrons. The Balaban J connectivity index is 2.88. The molecule has 5 nitrogen and oxygen atoms in total. The van der Waals surface area contributed by atoms with E-state index in [1.54, 1.807) is 25.1 Å². The zero-order valence-corrected chi connectivity index (χ0v) is 11.2. The minimum absolute atomic E-state index is 0.0498.